The van der Waals surface area contributed by atoms with Crippen molar-refractivity contribution in [3.63, 3.8) is 0 Å². The molecule has 33 heavy (non-hydrogen) atoms. The van der Waals surface area contributed by atoms with Crippen LogP contribution < -0.4 is 21.3 Å². The van der Waals surface area contributed by atoms with Crippen LogP contribution in [-0.4, -0.2) is 32.8 Å². The van der Waals surface area contributed by atoms with Crippen molar-refractivity contribution >= 4 is 34.2 Å². The van der Waals surface area contributed by atoms with E-state index in [1.54, 1.807) is 30.7 Å². The fraction of sp³-hybridized carbons (Fsp3) is 0.208. The third kappa shape index (κ3) is 4.00. The van der Waals surface area contributed by atoms with E-state index in [0.29, 0.717) is 23.6 Å². The van der Waals surface area contributed by atoms with Gasteiger partial charge in [0.15, 0.2) is 0 Å². The number of nitrogens with one attached hydrogen (secondary N) is 4. The summed E-state index contributed by atoms with van der Waals surface area (Å²) in [5.74, 6) is 0.749. The normalized spacial score (nSPS) is 18.8. The average molecular weight is 441 g/mol. The molecule has 0 bridgehead atoms. The molecule has 9 heteroatoms. The van der Waals surface area contributed by atoms with Crippen LogP contribution in [0.1, 0.15) is 30.6 Å². The molecule has 1 atom stereocenters. The number of hydrogen-bond acceptors (Lipinski definition) is 7. The summed E-state index contributed by atoms with van der Waals surface area (Å²) in [5, 5.41) is 13.2. The number of dihydropyridines is 1. The number of nitrogens with zero attached hydrogens (tertiary/aromatic N) is 3. The van der Waals surface area contributed by atoms with Crippen LogP contribution in [0.15, 0.2) is 72.7 Å². The summed E-state index contributed by atoms with van der Waals surface area (Å²) in [7, 11) is 0. The van der Waals surface area contributed by atoms with Crippen LogP contribution in [0, 0.1) is 5.41 Å². The highest BCUT2D eigenvalue weighted by molar-refractivity contribution is 6.00. The van der Waals surface area contributed by atoms with Gasteiger partial charge in [-0.05, 0) is 36.4 Å². The highest BCUT2D eigenvalue weighted by Gasteiger charge is 2.39. The molecule has 0 spiro atoms. The Morgan fingerprint density at radius 1 is 1.21 bits per heavy atom. The Balaban J connectivity index is 1.41. The van der Waals surface area contributed by atoms with E-state index < -0.39 is 5.41 Å². The van der Waals surface area contributed by atoms with Gasteiger partial charge in [0, 0.05) is 47.1 Å². The van der Waals surface area contributed by atoms with Crippen molar-refractivity contribution in [1.82, 2.24) is 30.9 Å². The number of rotatable bonds is 4. The fourth-order valence-corrected chi connectivity index (χ4v) is 4.33. The van der Waals surface area contributed by atoms with Gasteiger partial charge in [0.25, 0.3) is 5.91 Å². The minimum absolute atomic E-state index is 0.0499. The molecule has 0 fully saturated rings. The summed E-state index contributed by atoms with van der Waals surface area (Å²) in [6, 6.07) is 8.76. The third-order valence-electron chi connectivity index (χ3n) is 5.80. The molecule has 0 aliphatic carbocycles. The Labute approximate surface area is 190 Å². The van der Waals surface area contributed by atoms with E-state index in [-0.39, 0.29) is 17.9 Å². The van der Waals surface area contributed by atoms with E-state index in [2.05, 4.69) is 36.2 Å². The van der Waals surface area contributed by atoms with E-state index in [0.717, 1.165) is 22.2 Å². The number of pyridine rings is 1. The Morgan fingerprint density at radius 3 is 2.97 bits per heavy atom. The Morgan fingerprint density at radius 2 is 2.09 bits per heavy atom. The number of aromatic nitrogens is 3. The van der Waals surface area contributed by atoms with Crippen molar-refractivity contribution < 1.29 is 9.59 Å². The van der Waals surface area contributed by atoms with Crippen LogP contribution in [0.2, 0.25) is 0 Å². The molecule has 2 aliphatic heterocycles. The first-order chi connectivity index (χ1) is 15.9. The van der Waals surface area contributed by atoms with Gasteiger partial charge in [0.1, 0.15) is 18.0 Å². The number of hydrogen-bond donors (Lipinski definition) is 4. The van der Waals surface area contributed by atoms with Crippen molar-refractivity contribution in [3.05, 3.63) is 78.3 Å². The topological polar surface area (TPSA) is 121 Å². The lowest BCUT2D eigenvalue weighted by Crippen LogP contribution is -2.50. The van der Waals surface area contributed by atoms with Gasteiger partial charge in [-0.3, -0.25) is 9.59 Å². The number of amides is 2. The molecule has 0 saturated heterocycles. The largest absolute Gasteiger partial charge is 0.348 e. The van der Waals surface area contributed by atoms with Gasteiger partial charge < -0.3 is 21.3 Å². The number of benzene rings is 1. The maximum absolute atomic E-state index is 13.3. The second kappa shape index (κ2) is 8.01. The van der Waals surface area contributed by atoms with Gasteiger partial charge in [0.05, 0.1) is 17.1 Å². The zero-order valence-electron chi connectivity index (χ0n) is 18.2. The number of anilines is 2. The van der Waals surface area contributed by atoms with Gasteiger partial charge >= 0.3 is 0 Å². The summed E-state index contributed by atoms with van der Waals surface area (Å²) < 4.78 is 0. The van der Waals surface area contributed by atoms with Crippen molar-refractivity contribution in [3.8, 4) is 0 Å². The zero-order chi connectivity index (χ0) is 23.0. The number of carbonyl (C=O) groups is 2. The van der Waals surface area contributed by atoms with Crippen LogP contribution >= 0.6 is 0 Å². The van der Waals surface area contributed by atoms with E-state index >= 15 is 0 Å². The summed E-state index contributed by atoms with van der Waals surface area (Å²) in [4.78, 5) is 38.0. The molecule has 0 radical (unpaired) electrons. The Bertz CT molecular complexity index is 1330. The molecule has 3 aromatic rings. The highest BCUT2D eigenvalue weighted by atomic mass is 16.2. The second-order valence-electron chi connectivity index (χ2n) is 8.67. The van der Waals surface area contributed by atoms with Crippen molar-refractivity contribution in [1.29, 1.82) is 0 Å². The van der Waals surface area contributed by atoms with Crippen molar-refractivity contribution in [2.45, 2.75) is 26.3 Å². The first kappa shape index (κ1) is 20.6. The van der Waals surface area contributed by atoms with Gasteiger partial charge in [-0.1, -0.05) is 13.8 Å². The van der Waals surface area contributed by atoms with Crippen LogP contribution in [0.25, 0.3) is 10.9 Å². The van der Waals surface area contributed by atoms with E-state index in [4.69, 9.17) is 0 Å². The molecule has 0 saturated carbocycles. The first-order valence-corrected chi connectivity index (χ1v) is 10.6. The molecular weight excluding hydrogens is 418 g/mol. The maximum Gasteiger partial charge on any atom is 0.255 e. The summed E-state index contributed by atoms with van der Waals surface area (Å²) in [5.41, 5.74) is 2.54. The standard InChI is InChI=1S/C24H23N7O2/c1-24(2)11-19(32)31-22-20(24)18(7-9-27-22)30-23(33)16-4-3-8-26-21(16)29-15-5-6-17-14(10-15)12-25-13-28-17/h3-10,12-13,18,27H,11H2,1-2H3,(H,26,29)(H,30,33)(H,31,32). The molecule has 2 aromatic heterocycles. The lowest BCUT2D eigenvalue weighted by Gasteiger charge is -2.39. The number of fused-ring (bicyclic) bond motifs is 1. The van der Waals surface area contributed by atoms with Gasteiger partial charge in [0.2, 0.25) is 5.91 Å². The smallest absolute Gasteiger partial charge is 0.255 e. The molecule has 2 amide bonds. The Hall–Kier alpha value is -4.27. The van der Waals surface area contributed by atoms with Crippen LogP contribution in [0.4, 0.5) is 11.5 Å². The molecule has 4 N–H and O–H groups in total. The lowest BCUT2D eigenvalue weighted by atomic mass is 9.74. The van der Waals surface area contributed by atoms with Crippen LogP contribution in [-0.2, 0) is 4.79 Å². The molecule has 166 valence electrons. The van der Waals surface area contributed by atoms with Gasteiger partial charge in [-0.25, -0.2) is 15.0 Å². The lowest BCUT2D eigenvalue weighted by molar-refractivity contribution is -0.122. The molecule has 9 nitrogen and oxygen atoms in total. The van der Waals surface area contributed by atoms with Gasteiger partial charge in [-0.2, -0.15) is 0 Å². The molecule has 1 aromatic carbocycles. The third-order valence-corrected chi connectivity index (χ3v) is 5.80. The maximum atomic E-state index is 13.3. The Kier molecular flexibility index (Phi) is 5.01. The molecule has 4 heterocycles. The first-order valence-electron chi connectivity index (χ1n) is 10.6. The predicted octanol–water partition coefficient (Wildman–Crippen LogP) is 2.74. The fourth-order valence-electron chi connectivity index (χ4n) is 4.33. The van der Waals surface area contributed by atoms with Crippen molar-refractivity contribution in [2.75, 3.05) is 5.32 Å². The number of carbonyl (C=O) groups excluding carboxylic acids is 2. The SMILES string of the molecule is CC1(C)CC(=O)NC2=C1C(NC(=O)c1cccnc1Nc1ccc3ncncc3c1)C=CN2. The molecular formula is C24H23N7O2. The minimum Gasteiger partial charge on any atom is -0.348 e. The summed E-state index contributed by atoms with van der Waals surface area (Å²) in [6.07, 6.45) is 8.83. The minimum atomic E-state index is -0.406. The molecule has 2 aliphatic rings. The summed E-state index contributed by atoms with van der Waals surface area (Å²) in [6.45, 7) is 4.00. The summed E-state index contributed by atoms with van der Waals surface area (Å²) >= 11 is 0. The highest BCUT2D eigenvalue weighted by Crippen LogP contribution is 2.38. The van der Waals surface area contributed by atoms with E-state index in [1.807, 2.05) is 38.1 Å². The predicted molar refractivity (Wildman–Crippen MR) is 124 cm³/mol. The quantitative estimate of drug-likeness (QED) is 0.491. The monoisotopic (exact) mass is 441 g/mol. The molecule has 5 rings (SSSR count). The second-order valence-corrected chi connectivity index (χ2v) is 8.67. The van der Waals surface area contributed by atoms with Gasteiger partial charge in [-0.15, -0.1) is 0 Å². The van der Waals surface area contributed by atoms with E-state index in [9.17, 15) is 9.59 Å². The molecule has 1 unspecified atom stereocenters. The average Bonchev–Trinajstić information content (AvgIpc) is 2.78. The van der Waals surface area contributed by atoms with Crippen LogP contribution in [0.5, 0.6) is 0 Å². The van der Waals surface area contributed by atoms with Crippen LogP contribution in [0.3, 0.4) is 0 Å². The zero-order valence-corrected chi connectivity index (χ0v) is 18.2. The van der Waals surface area contributed by atoms with Crippen molar-refractivity contribution in [2.24, 2.45) is 5.41 Å². The van der Waals surface area contributed by atoms with E-state index in [1.165, 1.54) is 6.33 Å².